The topological polar surface area (TPSA) is 64.4 Å². The average molecular weight is 433 g/mol. The van der Waals surface area contributed by atoms with Crippen LogP contribution in [0.25, 0.3) is 27.7 Å². The molecular formula is C25H24N2O3S. The lowest BCUT2D eigenvalue weighted by molar-refractivity contribution is -0.111. The van der Waals surface area contributed by atoms with E-state index >= 15 is 0 Å². The number of anilines is 1. The molecule has 4 rings (SSSR count). The summed E-state index contributed by atoms with van der Waals surface area (Å²) in [6.45, 7) is 8.54. The highest BCUT2D eigenvalue weighted by Gasteiger charge is 2.16. The number of allylic oxidation sites excluding steroid dienone is 1. The molecule has 0 spiro atoms. The zero-order valence-electron chi connectivity index (χ0n) is 18.0. The molecule has 0 aliphatic heterocycles. The molecule has 0 aliphatic rings. The van der Waals surface area contributed by atoms with Gasteiger partial charge in [0, 0.05) is 40.2 Å². The molecule has 6 heteroatoms. The lowest BCUT2D eigenvalue weighted by Gasteiger charge is -2.12. The fourth-order valence-electron chi connectivity index (χ4n) is 3.66. The van der Waals surface area contributed by atoms with Gasteiger partial charge in [0.2, 0.25) is 5.91 Å². The van der Waals surface area contributed by atoms with E-state index in [2.05, 4.69) is 42.3 Å². The van der Waals surface area contributed by atoms with E-state index in [1.807, 2.05) is 31.4 Å². The third-order valence-corrected chi connectivity index (χ3v) is 5.77. The highest BCUT2D eigenvalue weighted by molar-refractivity contribution is 7.13. The fourth-order valence-corrected chi connectivity index (χ4v) is 4.20. The molecule has 0 bridgehead atoms. The Labute approximate surface area is 185 Å². The van der Waals surface area contributed by atoms with Crippen LogP contribution in [0.2, 0.25) is 0 Å². The molecular weight excluding hydrogens is 408 g/mol. The Bertz CT molecular complexity index is 1270. The Kier molecular flexibility index (Phi) is 5.91. The van der Waals surface area contributed by atoms with Crippen molar-refractivity contribution in [2.75, 3.05) is 11.9 Å². The van der Waals surface area contributed by atoms with Crippen molar-refractivity contribution in [3.63, 3.8) is 0 Å². The van der Waals surface area contributed by atoms with Crippen LogP contribution in [0, 0.1) is 13.8 Å². The van der Waals surface area contributed by atoms with Crippen molar-refractivity contribution in [3.8, 4) is 16.9 Å². The monoisotopic (exact) mass is 432 g/mol. The van der Waals surface area contributed by atoms with Crippen LogP contribution < -0.4 is 10.1 Å². The van der Waals surface area contributed by atoms with E-state index in [9.17, 15) is 4.79 Å². The van der Waals surface area contributed by atoms with Gasteiger partial charge in [-0.2, -0.15) is 0 Å². The first-order valence-electron chi connectivity index (χ1n) is 10.1. The van der Waals surface area contributed by atoms with Crippen molar-refractivity contribution < 1.29 is 13.9 Å². The number of aryl methyl sites for hydroxylation is 2. The highest BCUT2D eigenvalue weighted by atomic mass is 32.1. The van der Waals surface area contributed by atoms with Gasteiger partial charge in [0.15, 0.2) is 5.13 Å². The van der Waals surface area contributed by atoms with Gasteiger partial charge in [-0.25, -0.2) is 4.98 Å². The Balaban J connectivity index is 1.78. The number of hydrogen-bond acceptors (Lipinski definition) is 5. The number of benzene rings is 2. The van der Waals surface area contributed by atoms with Crippen molar-refractivity contribution >= 4 is 38.9 Å². The predicted octanol–water partition coefficient (Wildman–Crippen LogP) is 6.61. The fraction of sp³-hybridized carbons (Fsp3) is 0.200. The van der Waals surface area contributed by atoms with E-state index in [-0.39, 0.29) is 5.91 Å². The van der Waals surface area contributed by atoms with E-state index in [1.54, 1.807) is 18.5 Å². The number of thiazole rings is 1. The summed E-state index contributed by atoms with van der Waals surface area (Å²) in [5, 5.41) is 6.16. The Morgan fingerprint density at radius 2 is 2.06 bits per heavy atom. The maximum absolute atomic E-state index is 12.5. The normalized spacial score (nSPS) is 11.7. The van der Waals surface area contributed by atoms with E-state index in [0.717, 1.165) is 33.2 Å². The van der Waals surface area contributed by atoms with Crippen LogP contribution in [0.4, 0.5) is 5.13 Å². The second-order valence-corrected chi connectivity index (χ2v) is 8.29. The van der Waals surface area contributed by atoms with Crippen LogP contribution in [0.1, 0.15) is 30.5 Å². The van der Waals surface area contributed by atoms with Crippen molar-refractivity contribution in [1.82, 2.24) is 4.98 Å². The minimum absolute atomic E-state index is 0.225. The van der Waals surface area contributed by atoms with Crippen LogP contribution in [0.3, 0.4) is 0 Å². The number of hydrogen-bond donors (Lipinski definition) is 1. The van der Waals surface area contributed by atoms with Gasteiger partial charge >= 0.3 is 0 Å². The first-order valence-corrected chi connectivity index (χ1v) is 11.0. The van der Waals surface area contributed by atoms with Crippen LogP contribution >= 0.6 is 11.3 Å². The van der Waals surface area contributed by atoms with Crippen LogP contribution in [-0.4, -0.2) is 17.5 Å². The number of fused-ring (bicyclic) bond motifs is 1. The number of carbonyl (C=O) groups excluding carboxylic acids is 1. The summed E-state index contributed by atoms with van der Waals surface area (Å²) in [6.07, 6.45) is 5.02. The number of nitrogens with one attached hydrogen (secondary N) is 1. The Hall–Kier alpha value is -3.38. The SMILES string of the molecule is CCOc1cc2occ(-c3ccc(C)cc3C)c2cc1/C(C)=C/C(=O)Nc1nccs1. The maximum Gasteiger partial charge on any atom is 0.250 e. The zero-order chi connectivity index (χ0) is 22.0. The molecule has 0 saturated heterocycles. The Morgan fingerprint density at radius 1 is 1.23 bits per heavy atom. The number of amides is 1. The van der Waals surface area contributed by atoms with Crippen molar-refractivity contribution in [2.45, 2.75) is 27.7 Å². The van der Waals surface area contributed by atoms with Gasteiger partial charge in [-0.15, -0.1) is 11.3 Å². The molecule has 2 aromatic carbocycles. The molecule has 2 aromatic heterocycles. The lowest BCUT2D eigenvalue weighted by atomic mass is 9.96. The van der Waals surface area contributed by atoms with E-state index in [4.69, 9.17) is 9.15 Å². The molecule has 2 heterocycles. The molecule has 31 heavy (non-hydrogen) atoms. The first kappa shape index (κ1) is 20.9. The van der Waals surface area contributed by atoms with Crippen LogP contribution in [0.5, 0.6) is 5.75 Å². The molecule has 1 N–H and O–H groups in total. The summed E-state index contributed by atoms with van der Waals surface area (Å²) in [7, 11) is 0. The van der Waals surface area contributed by atoms with Gasteiger partial charge in [-0.1, -0.05) is 23.8 Å². The molecule has 0 aliphatic carbocycles. The maximum atomic E-state index is 12.5. The molecule has 0 atom stereocenters. The molecule has 0 fully saturated rings. The first-order chi connectivity index (χ1) is 15.0. The second-order valence-electron chi connectivity index (χ2n) is 7.40. The van der Waals surface area contributed by atoms with Crippen molar-refractivity contribution in [1.29, 1.82) is 0 Å². The van der Waals surface area contributed by atoms with Gasteiger partial charge in [-0.05, 0) is 50.5 Å². The standard InChI is InChI=1S/C25H24N2O3S/c1-5-29-22-13-23-20(21(14-30-23)18-7-6-15(2)10-16(18)3)12-19(22)17(4)11-24(28)27-25-26-8-9-31-25/h6-14H,5H2,1-4H3,(H,26,27,28)/b17-11+. The molecule has 0 unspecified atom stereocenters. The van der Waals surface area contributed by atoms with E-state index in [1.165, 1.54) is 22.5 Å². The quantitative estimate of drug-likeness (QED) is 0.348. The number of carbonyl (C=O) groups is 1. The number of furan rings is 1. The van der Waals surface area contributed by atoms with Crippen molar-refractivity contribution in [3.05, 3.63) is 70.9 Å². The zero-order valence-corrected chi connectivity index (χ0v) is 18.8. The van der Waals surface area contributed by atoms with E-state index < -0.39 is 0 Å². The molecule has 1 amide bonds. The van der Waals surface area contributed by atoms with Gasteiger partial charge < -0.3 is 9.15 Å². The third kappa shape index (κ3) is 4.39. The average Bonchev–Trinajstić information content (AvgIpc) is 3.37. The third-order valence-electron chi connectivity index (χ3n) is 5.08. The van der Waals surface area contributed by atoms with Gasteiger partial charge in [0.05, 0.1) is 12.9 Å². The minimum atomic E-state index is -0.225. The molecule has 158 valence electrons. The second kappa shape index (κ2) is 8.78. The smallest absolute Gasteiger partial charge is 0.250 e. The number of nitrogens with zero attached hydrogens (tertiary/aromatic N) is 1. The summed E-state index contributed by atoms with van der Waals surface area (Å²) in [5.41, 5.74) is 6.97. The predicted molar refractivity (Wildman–Crippen MR) is 127 cm³/mol. The summed E-state index contributed by atoms with van der Waals surface area (Å²) in [4.78, 5) is 16.6. The summed E-state index contributed by atoms with van der Waals surface area (Å²) in [5.74, 6) is 0.462. The largest absolute Gasteiger partial charge is 0.493 e. The highest BCUT2D eigenvalue weighted by Crippen LogP contribution is 2.38. The van der Waals surface area contributed by atoms with Gasteiger partial charge in [0.1, 0.15) is 11.3 Å². The van der Waals surface area contributed by atoms with Crippen LogP contribution in [0.15, 0.2) is 58.7 Å². The van der Waals surface area contributed by atoms with Gasteiger partial charge in [0.25, 0.3) is 0 Å². The summed E-state index contributed by atoms with van der Waals surface area (Å²) < 4.78 is 11.7. The number of aromatic nitrogens is 1. The van der Waals surface area contributed by atoms with Crippen LogP contribution in [-0.2, 0) is 4.79 Å². The molecule has 4 aromatic rings. The van der Waals surface area contributed by atoms with Crippen molar-refractivity contribution in [2.24, 2.45) is 0 Å². The Morgan fingerprint density at radius 3 is 2.77 bits per heavy atom. The number of ether oxygens (including phenoxy) is 1. The minimum Gasteiger partial charge on any atom is -0.493 e. The van der Waals surface area contributed by atoms with E-state index in [0.29, 0.717) is 17.5 Å². The summed E-state index contributed by atoms with van der Waals surface area (Å²) in [6, 6.07) is 10.3. The molecule has 0 saturated carbocycles. The summed E-state index contributed by atoms with van der Waals surface area (Å²) >= 11 is 1.38. The number of rotatable bonds is 6. The van der Waals surface area contributed by atoms with Gasteiger partial charge in [-0.3, -0.25) is 10.1 Å². The lowest BCUT2D eigenvalue weighted by Crippen LogP contribution is -2.08. The molecule has 0 radical (unpaired) electrons. The molecule has 5 nitrogen and oxygen atoms in total.